The molecule has 0 bridgehead atoms. The number of nitrogens with zero attached hydrogens (tertiary/aromatic N) is 11. The summed E-state index contributed by atoms with van der Waals surface area (Å²) in [5, 5.41) is 31.5. The third-order valence-corrected chi connectivity index (χ3v) is 18.6. The van der Waals surface area contributed by atoms with Crippen LogP contribution < -0.4 is 37.2 Å². The van der Waals surface area contributed by atoms with Crippen LogP contribution in [-0.4, -0.2) is 146 Å². The van der Waals surface area contributed by atoms with Gasteiger partial charge >= 0.3 is 6.09 Å². The van der Waals surface area contributed by atoms with Gasteiger partial charge in [-0.3, -0.25) is 9.59 Å². The van der Waals surface area contributed by atoms with Crippen LogP contribution >= 0.6 is 0 Å². The second-order valence-corrected chi connectivity index (χ2v) is 27.3. The van der Waals surface area contributed by atoms with Crippen molar-refractivity contribution >= 4 is 72.5 Å². The average molecular weight is 1140 g/mol. The van der Waals surface area contributed by atoms with Gasteiger partial charge in [-0.05, 0) is 102 Å². The number of nitrogens with one attached hydrogen (secondary N) is 7. The Morgan fingerprint density at radius 2 is 1.24 bits per heavy atom. The van der Waals surface area contributed by atoms with Gasteiger partial charge in [-0.25, -0.2) is 24.7 Å². The molecule has 25 heteroatoms. The number of rotatable bonds is 20. The van der Waals surface area contributed by atoms with E-state index in [-0.39, 0.29) is 53.7 Å². The third-order valence-electron chi connectivity index (χ3n) is 14.0. The third kappa shape index (κ3) is 17.8. The van der Waals surface area contributed by atoms with Gasteiger partial charge in [0.25, 0.3) is 23.5 Å². The molecule has 434 valence electrons. The number of hydrogen-bond acceptors (Lipinski definition) is 17. The summed E-state index contributed by atoms with van der Waals surface area (Å²) in [6.45, 7) is 36.4. The number of carbonyl (C=O) groups excluding carboxylic acids is 3. The number of aliphatic hydroxyl groups excluding tert-OH is 1. The molecule has 0 aliphatic carbocycles. The van der Waals surface area contributed by atoms with Crippen LogP contribution in [0.2, 0.25) is 18.1 Å². The molecule has 8 rings (SSSR count). The largest absolute Gasteiger partial charge is 0.444 e. The number of aliphatic hydroxyl groups is 1. The smallest absolute Gasteiger partial charge is 0.410 e. The number of pyridine rings is 2. The van der Waals surface area contributed by atoms with Crippen molar-refractivity contribution in [3.63, 3.8) is 0 Å². The fraction of sp³-hybridized carbons (Fsp3) is 0.456. The molecule has 0 spiro atoms. The van der Waals surface area contributed by atoms with E-state index in [1.807, 2.05) is 48.2 Å². The van der Waals surface area contributed by atoms with Crippen molar-refractivity contribution in [2.75, 3.05) is 86.8 Å². The number of aromatic nitrogens is 8. The molecule has 0 aromatic carbocycles. The Labute approximate surface area is 480 Å². The molecule has 8 N–H and O–H groups in total. The minimum Gasteiger partial charge on any atom is -0.444 e. The molecule has 0 radical (unpaired) electrons. The molecule has 2 saturated heterocycles. The first kappa shape index (κ1) is 61.1. The summed E-state index contributed by atoms with van der Waals surface area (Å²) in [6.07, 6.45) is 20.2. The highest BCUT2D eigenvalue weighted by molar-refractivity contribution is 6.74. The standard InChI is InChI=1S/C34H49N9O4Si.C23H27N9O2/c1-33(2,3)47-32(45)43-14-10-11-24(22-43)18-37-26-17-28(41-30-21-39-29(35-7)20-40-30)38-19-27(26)42-15-12-25(23-42)31(44)36-13-16-46-48(8,9)34(4,5)6;1-24-21-13-30-22(14-29-21)31-20-9-18(27-11-16-3-2-5-25-10-16)19(12-28-20)32-7-4-17(15-32)23(34)26-6-8-33/h12,15,17,19-21,23-24H,10-11,13-14,16,18,22H2,1-6,8-9H3,(H,36,44)(H2,37,38,40,41);4,7,9,12-16,25,33H,2-3,5-6,8,10-11H2,(H,26,34)(H2,27,28,30,31). The number of carbonyl (C=O) groups is 3. The van der Waals surface area contributed by atoms with Crippen molar-refractivity contribution in [3.8, 4) is 11.4 Å². The highest BCUT2D eigenvalue weighted by atomic mass is 28.4. The molecule has 2 aliphatic heterocycles. The normalized spacial score (nSPS) is 15.4. The predicted molar refractivity (Wildman–Crippen MR) is 318 cm³/mol. The Balaban J connectivity index is 0.000000250. The maximum Gasteiger partial charge on any atom is 0.410 e. The Kier molecular flexibility index (Phi) is 21.1. The molecule has 2 aliphatic rings. The second-order valence-electron chi connectivity index (χ2n) is 22.5. The van der Waals surface area contributed by atoms with E-state index < -0.39 is 13.9 Å². The van der Waals surface area contributed by atoms with Crippen molar-refractivity contribution in [3.05, 3.63) is 120 Å². The minimum atomic E-state index is -1.90. The number of amides is 3. The van der Waals surface area contributed by atoms with E-state index in [4.69, 9.17) is 27.4 Å². The lowest BCUT2D eigenvalue weighted by Gasteiger charge is -2.36. The van der Waals surface area contributed by atoms with E-state index in [2.05, 4.69) is 111 Å². The second kappa shape index (κ2) is 28.3. The predicted octanol–water partition coefficient (Wildman–Crippen LogP) is 8.86. The van der Waals surface area contributed by atoms with Crippen molar-refractivity contribution in [1.29, 1.82) is 0 Å². The van der Waals surface area contributed by atoms with Gasteiger partial charge in [0.1, 0.15) is 17.2 Å². The lowest BCUT2D eigenvalue weighted by molar-refractivity contribution is 0.0172. The van der Waals surface area contributed by atoms with Crippen LogP contribution in [0.3, 0.4) is 0 Å². The molecule has 8 heterocycles. The van der Waals surface area contributed by atoms with Gasteiger partial charge in [0.15, 0.2) is 32.3 Å². The fourth-order valence-corrected chi connectivity index (χ4v) is 9.68. The van der Waals surface area contributed by atoms with Gasteiger partial charge in [-0.15, -0.1) is 9.97 Å². The van der Waals surface area contributed by atoms with Gasteiger partial charge in [0.05, 0.1) is 71.9 Å². The van der Waals surface area contributed by atoms with E-state index in [0.717, 1.165) is 68.1 Å². The zero-order valence-electron chi connectivity index (χ0n) is 48.0. The van der Waals surface area contributed by atoms with E-state index in [1.54, 1.807) is 48.0 Å². The molecule has 0 saturated carbocycles. The van der Waals surface area contributed by atoms with Crippen molar-refractivity contribution < 1.29 is 28.7 Å². The lowest BCUT2D eigenvalue weighted by atomic mass is 9.98. The van der Waals surface area contributed by atoms with Gasteiger partial charge in [0, 0.05) is 76.2 Å². The summed E-state index contributed by atoms with van der Waals surface area (Å²) in [6, 6.07) is 7.25. The minimum absolute atomic E-state index is 0.101. The molecule has 6 aromatic rings. The lowest BCUT2D eigenvalue weighted by Crippen LogP contribution is -2.44. The molecular formula is C57H76N18O6Si. The summed E-state index contributed by atoms with van der Waals surface area (Å²) < 4.78 is 15.5. The summed E-state index contributed by atoms with van der Waals surface area (Å²) in [7, 11) is -1.90. The summed E-state index contributed by atoms with van der Waals surface area (Å²) in [5.74, 6) is 2.76. The maximum absolute atomic E-state index is 13.0. The number of ether oxygens (including phenoxy) is 1. The molecule has 2 fully saturated rings. The van der Waals surface area contributed by atoms with Crippen LogP contribution in [-0.2, 0) is 9.16 Å². The number of hydrogen-bond donors (Lipinski definition) is 8. The number of anilines is 6. The van der Waals surface area contributed by atoms with Gasteiger partial charge < -0.3 is 75.2 Å². The first-order chi connectivity index (χ1) is 39.2. The SMILES string of the molecule is [C-]#[N+]c1cnc(Nc2cc(NCC3CCCN(C(=O)OC(C)(C)C)C3)c(-n3ccc(C(=O)NCCO[Si](C)(C)C(C)(C)C)c3)cn2)cn1.[C-]#[N+]c1cnc(Nc2cc(NCC3CCCNC3)c(-n3ccc(C(=O)NCCO)c3)cn2)cn1. The quantitative estimate of drug-likeness (QED) is 0.0201. The van der Waals surface area contributed by atoms with Gasteiger partial charge in [-0.1, -0.05) is 33.9 Å². The van der Waals surface area contributed by atoms with Gasteiger partial charge in [-0.2, -0.15) is 0 Å². The van der Waals surface area contributed by atoms with E-state index >= 15 is 0 Å². The first-order valence-electron chi connectivity index (χ1n) is 27.5. The Morgan fingerprint density at radius 1 is 0.720 bits per heavy atom. The van der Waals surface area contributed by atoms with Crippen LogP contribution in [0, 0.1) is 25.0 Å². The monoisotopic (exact) mass is 1140 g/mol. The highest BCUT2D eigenvalue weighted by Gasteiger charge is 2.37. The van der Waals surface area contributed by atoms with Crippen molar-refractivity contribution in [2.24, 2.45) is 11.8 Å². The number of piperidine rings is 2. The maximum atomic E-state index is 13.0. The topological polar surface area (TPSA) is 273 Å². The molecular weight excluding hydrogens is 1060 g/mol. The van der Waals surface area contributed by atoms with Crippen LogP contribution in [0.5, 0.6) is 0 Å². The van der Waals surface area contributed by atoms with Gasteiger partial charge in [0.2, 0.25) is 0 Å². The summed E-state index contributed by atoms with van der Waals surface area (Å²) in [5.41, 5.74) is 3.63. The summed E-state index contributed by atoms with van der Waals surface area (Å²) >= 11 is 0. The Hall–Kier alpha value is -8.49. The first-order valence-corrected chi connectivity index (χ1v) is 30.4. The summed E-state index contributed by atoms with van der Waals surface area (Å²) in [4.78, 5) is 72.0. The van der Waals surface area contributed by atoms with E-state index in [9.17, 15) is 14.4 Å². The van der Waals surface area contributed by atoms with E-state index in [0.29, 0.717) is 73.1 Å². The van der Waals surface area contributed by atoms with E-state index in [1.165, 1.54) is 24.8 Å². The number of likely N-dealkylation sites (tertiary alicyclic amines) is 1. The van der Waals surface area contributed by atoms with Crippen LogP contribution in [0.4, 0.5) is 51.1 Å². The molecule has 24 nitrogen and oxygen atoms in total. The van der Waals surface area contributed by atoms with Crippen LogP contribution in [0.25, 0.3) is 21.1 Å². The van der Waals surface area contributed by atoms with Crippen LogP contribution in [0.1, 0.15) is 87.9 Å². The molecule has 2 unspecified atom stereocenters. The van der Waals surface area contributed by atoms with Crippen molar-refractivity contribution in [2.45, 2.75) is 91.0 Å². The van der Waals surface area contributed by atoms with Crippen molar-refractivity contribution in [1.82, 2.24) is 59.9 Å². The Morgan fingerprint density at radius 3 is 1.72 bits per heavy atom. The molecule has 2 atom stereocenters. The highest BCUT2D eigenvalue weighted by Crippen LogP contribution is 2.36. The fourth-order valence-electron chi connectivity index (χ4n) is 8.63. The zero-order chi connectivity index (χ0) is 58.9. The molecule has 3 amide bonds. The molecule has 6 aromatic heterocycles. The zero-order valence-corrected chi connectivity index (χ0v) is 49.0. The Bertz CT molecular complexity index is 3170. The average Bonchev–Trinajstić information content (AvgIpc) is 4.21. The van der Waals surface area contributed by atoms with Crippen LogP contribution in [0.15, 0.2) is 86.2 Å². The molecule has 82 heavy (non-hydrogen) atoms.